The number of piperidine rings is 1. The van der Waals surface area contributed by atoms with Gasteiger partial charge in [0.05, 0.1) is 0 Å². The molecule has 2 amide bonds. The standard InChI is InChI=1S/C18H22F2N2O3/c19-14-7-13(8-15(20)9-14)10-21-16(23)18(25)5-2-6-22(17(18)24)11-12-3-1-4-12/h7-9,12,25H,1-6,10-11H2,(H,21,23). The van der Waals surface area contributed by atoms with Crippen LogP contribution in [-0.4, -0.2) is 40.5 Å². The van der Waals surface area contributed by atoms with E-state index in [4.69, 9.17) is 0 Å². The summed E-state index contributed by atoms with van der Waals surface area (Å²) in [6, 6.07) is 2.93. The van der Waals surface area contributed by atoms with E-state index in [9.17, 15) is 23.5 Å². The van der Waals surface area contributed by atoms with E-state index in [1.165, 1.54) is 0 Å². The van der Waals surface area contributed by atoms with Gasteiger partial charge in [0.15, 0.2) is 0 Å². The first-order chi connectivity index (χ1) is 11.9. The average molecular weight is 352 g/mol. The molecule has 1 atom stereocenters. The zero-order valence-electron chi connectivity index (χ0n) is 13.9. The van der Waals surface area contributed by atoms with Gasteiger partial charge in [0.1, 0.15) is 11.6 Å². The molecule has 5 nitrogen and oxygen atoms in total. The van der Waals surface area contributed by atoms with Crippen LogP contribution >= 0.6 is 0 Å². The summed E-state index contributed by atoms with van der Waals surface area (Å²) >= 11 is 0. The number of rotatable bonds is 5. The molecule has 25 heavy (non-hydrogen) atoms. The van der Waals surface area contributed by atoms with E-state index < -0.39 is 29.0 Å². The van der Waals surface area contributed by atoms with Gasteiger partial charge in [-0.2, -0.15) is 0 Å². The summed E-state index contributed by atoms with van der Waals surface area (Å²) in [7, 11) is 0. The number of carbonyl (C=O) groups excluding carboxylic acids is 2. The third-order valence-corrected chi connectivity index (χ3v) is 5.06. The Bertz CT molecular complexity index is 658. The highest BCUT2D eigenvalue weighted by molar-refractivity contribution is 6.08. The van der Waals surface area contributed by atoms with Crippen LogP contribution in [0, 0.1) is 17.6 Å². The highest BCUT2D eigenvalue weighted by Crippen LogP contribution is 2.30. The maximum Gasteiger partial charge on any atom is 0.264 e. The molecule has 2 aliphatic rings. The fourth-order valence-electron chi connectivity index (χ4n) is 3.41. The van der Waals surface area contributed by atoms with Crippen LogP contribution < -0.4 is 5.32 Å². The largest absolute Gasteiger partial charge is 0.372 e. The minimum absolute atomic E-state index is 0.0519. The maximum atomic E-state index is 13.2. The molecule has 0 spiro atoms. The quantitative estimate of drug-likeness (QED) is 0.793. The van der Waals surface area contributed by atoms with Crippen LogP contribution in [0.5, 0.6) is 0 Å². The Labute approximate surface area is 145 Å². The lowest BCUT2D eigenvalue weighted by atomic mass is 9.83. The first-order valence-corrected chi connectivity index (χ1v) is 8.63. The van der Waals surface area contributed by atoms with Crippen molar-refractivity contribution >= 4 is 11.8 Å². The van der Waals surface area contributed by atoms with E-state index in [0.29, 0.717) is 25.4 Å². The monoisotopic (exact) mass is 352 g/mol. The molecule has 1 saturated heterocycles. The van der Waals surface area contributed by atoms with Crippen molar-refractivity contribution in [1.82, 2.24) is 10.2 Å². The minimum atomic E-state index is -2.10. The number of nitrogens with zero attached hydrogens (tertiary/aromatic N) is 1. The van der Waals surface area contributed by atoms with Gasteiger partial charge in [0.2, 0.25) is 5.60 Å². The molecule has 1 heterocycles. The van der Waals surface area contributed by atoms with Gasteiger partial charge in [-0.1, -0.05) is 6.42 Å². The van der Waals surface area contributed by atoms with Gasteiger partial charge >= 0.3 is 0 Å². The van der Waals surface area contributed by atoms with Crippen molar-refractivity contribution in [1.29, 1.82) is 0 Å². The summed E-state index contributed by atoms with van der Waals surface area (Å²) < 4.78 is 26.4. The number of nitrogens with one attached hydrogen (secondary N) is 1. The molecule has 0 radical (unpaired) electrons. The molecule has 2 fully saturated rings. The molecule has 1 aromatic rings. The topological polar surface area (TPSA) is 69.6 Å². The lowest BCUT2D eigenvalue weighted by molar-refractivity contribution is -0.167. The molecular formula is C18H22F2N2O3. The molecule has 2 N–H and O–H groups in total. The number of hydrogen-bond acceptors (Lipinski definition) is 3. The molecule has 1 unspecified atom stereocenters. The summed E-state index contributed by atoms with van der Waals surface area (Å²) in [5.41, 5.74) is -1.88. The van der Waals surface area contributed by atoms with E-state index in [1.54, 1.807) is 4.90 Å². The first-order valence-electron chi connectivity index (χ1n) is 8.63. The molecule has 7 heteroatoms. The molecular weight excluding hydrogens is 330 g/mol. The minimum Gasteiger partial charge on any atom is -0.372 e. The van der Waals surface area contributed by atoms with Gasteiger partial charge in [-0.25, -0.2) is 8.78 Å². The third kappa shape index (κ3) is 3.81. The highest BCUT2D eigenvalue weighted by Gasteiger charge is 2.48. The van der Waals surface area contributed by atoms with Crippen LogP contribution in [0.1, 0.15) is 37.7 Å². The van der Waals surface area contributed by atoms with Crippen LogP contribution in [0.4, 0.5) is 8.78 Å². The zero-order chi connectivity index (χ0) is 18.0. The first kappa shape index (κ1) is 17.8. The summed E-state index contributed by atoms with van der Waals surface area (Å²) in [6.07, 6.45) is 3.88. The lowest BCUT2D eigenvalue weighted by Gasteiger charge is -2.40. The summed E-state index contributed by atoms with van der Waals surface area (Å²) in [6.45, 7) is 0.954. The predicted octanol–water partition coefficient (Wildman–Crippen LogP) is 1.73. The van der Waals surface area contributed by atoms with Crippen molar-refractivity contribution in [3.8, 4) is 0 Å². The average Bonchev–Trinajstić information content (AvgIpc) is 2.51. The van der Waals surface area contributed by atoms with Crippen LogP contribution in [0.2, 0.25) is 0 Å². The van der Waals surface area contributed by atoms with Gasteiger partial charge in [-0.3, -0.25) is 9.59 Å². The fourth-order valence-corrected chi connectivity index (χ4v) is 3.41. The fraction of sp³-hybridized carbons (Fsp3) is 0.556. The van der Waals surface area contributed by atoms with Gasteiger partial charge in [-0.05, 0) is 49.3 Å². The Hall–Kier alpha value is -2.02. The van der Waals surface area contributed by atoms with Gasteiger partial charge < -0.3 is 15.3 Å². The molecule has 0 bridgehead atoms. The number of carbonyl (C=O) groups is 2. The Balaban J connectivity index is 1.63. The smallest absolute Gasteiger partial charge is 0.264 e. The van der Waals surface area contributed by atoms with Crippen molar-refractivity contribution in [2.75, 3.05) is 13.1 Å². The number of amides is 2. The van der Waals surface area contributed by atoms with Crippen molar-refractivity contribution in [2.24, 2.45) is 5.92 Å². The zero-order valence-corrected chi connectivity index (χ0v) is 13.9. The summed E-state index contributed by atoms with van der Waals surface area (Å²) in [5, 5.41) is 13.0. The van der Waals surface area contributed by atoms with Crippen molar-refractivity contribution < 1.29 is 23.5 Å². The number of hydrogen-bond donors (Lipinski definition) is 2. The Kier molecular flexibility index (Phi) is 5.03. The number of halogens is 2. The molecule has 1 saturated carbocycles. The molecule has 1 aromatic carbocycles. The summed E-state index contributed by atoms with van der Waals surface area (Å²) in [4.78, 5) is 26.5. The maximum absolute atomic E-state index is 13.2. The molecule has 1 aliphatic carbocycles. The lowest BCUT2D eigenvalue weighted by Crippen LogP contribution is -2.61. The van der Waals surface area contributed by atoms with Gasteiger partial charge in [0, 0.05) is 25.7 Å². The molecule has 136 valence electrons. The van der Waals surface area contributed by atoms with Crippen LogP contribution in [0.25, 0.3) is 0 Å². The SMILES string of the molecule is O=C(NCc1cc(F)cc(F)c1)C1(O)CCCN(CC2CCC2)C1=O. The van der Waals surface area contributed by atoms with E-state index >= 15 is 0 Å². The number of likely N-dealkylation sites (tertiary alicyclic amines) is 1. The second kappa shape index (κ2) is 7.07. The van der Waals surface area contributed by atoms with E-state index in [-0.39, 0.29) is 18.5 Å². The second-order valence-electron chi connectivity index (χ2n) is 6.97. The van der Waals surface area contributed by atoms with Crippen LogP contribution in [-0.2, 0) is 16.1 Å². The number of benzene rings is 1. The molecule has 0 aromatic heterocycles. The van der Waals surface area contributed by atoms with Crippen molar-refractivity contribution in [2.45, 2.75) is 44.2 Å². The van der Waals surface area contributed by atoms with Gasteiger partial charge in [-0.15, -0.1) is 0 Å². The van der Waals surface area contributed by atoms with Crippen molar-refractivity contribution in [3.05, 3.63) is 35.4 Å². The van der Waals surface area contributed by atoms with Gasteiger partial charge in [0.25, 0.3) is 11.8 Å². The third-order valence-electron chi connectivity index (χ3n) is 5.06. The van der Waals surface area contributed by atoms with Crippen LogP contribution in [0.3, 0.4) is 0 Å². The Morgan fingerprint density at radius 2 is 1.92 bits per heavy atom. The van der Waals surface area contributed by atoms with Crippen molar-refractivity contribution in [3.63, 3.8) is 0 Å². The normalized spacial score (nSPS) is 24.1. The van der Waals surface area contributed by atoms with E-state index in [0.717, 1.165) is 37.5 Å². The summed E-state index contributed by atoms with van der Waals surface area (Å²) in [5.74, 6) is -2.44. The van der Waals surface area contributed by atoms with E-state index in [2.05, 4.69) is 5.32 Å². The highest BCUT2D eigenvalue weighted by atomic mass is 19.1. The second-order valence-corrected chi connectivity index (χ2v) is 6.97. The molecule has 3 rings (SSSR count). The number of aliphatic hydroxyl groups is 1. The van der Waals surface area contributed by atoms with Crippen LogP contribution in [0.15, 0.2) is 18.2 Å². The Morgan fingerprint density at radius 3 is 2.52 bits per heavy atom. The molecule has 1 aliphatic heterocycles. The predicted molar refractivity (Wildman–Crippen MR) is 86.3 cm³/mol. The van der Waals surface area contributed by atoms with E-state index in [1.807, 2.05) is 0 Å². The Morgan fingerprint density at radius 1 is 1.24 bits per heavy atom.